The number of hydrogen-bond donors (Lipinski definition) is 2. The number of nitrogens with one attached hydrogen (secondary N) is 1. The second-order valence-corrected chi connectivity index (χ2v) is 4.10. The van der Waals surface area contributed by atoms with Crippen LogP contribution >= 0.6 is 0 Å². The van der Waals surface area contributed by atoms with Crippen LogP contribution in [0, 0.1) is 5.92 Å². The van der Waals surface area contributed by atoms with Gasteiger partial charge in [0.2, 0.25) is 5.91 Å². The van der Waals surface area contributed by atoms with Crippen LogP contribution in [0.5, 0.6) is 0 Å². The Bertz CT molecular complexity index is 157. The number of nitrogens with two attached hydrogens (primary N) is 1. The average molecular weight is 200 g/mol. The number of rotatable bonds is 7. The van der Waals surface area contributed by atoms with E-state index in [1.165, 1.54) is 0 Å². The van der Waals surface area contributed by atoms with Crippen LogP contribution < -0.4 is 11.1 Å². The number of carbonyl (C=O) groups is 1. The van der Waals surface area contributed by atoms with Crippen LogP contribution in [0.3, 0.4) is 0 Å². The fraction of sp³-hybridized carbons (Fsp3) is 0.909. The van der Waals surface area contributed by atoms with Crippen LogP contribution in [0.1, 0.15) is 46.5 Å². The highest BCUT2D eigenvalue weighted by atomic mass is 16.1. The zero-order valence-electron chi connectivity index (χ0n) is 9.68. The molecule has 0 aromatic rings. The van der Waals surface area contributed by atoms with Crippen LogP contribution in [-0.4, -0.2) is 18.5 Å². The summed E-state index contributed by atoms with van der Waals surface area (Å²) in [6, 6.07) is 0.240. The van der Waals surface area contributed by atoms with Gasteiger partial charge in [0.25, 0.3) is 0 Å². The van der Waals surface area contributed by atoms with Gasteiger partial charge in [-0.3, -0.25) is 4.79 Å². The molecule has 0 aromatic heterocycles. The molecule has 0 aliphatic rings. The maximum Gasteiger partial charge on any atom is 0.220 e. The highest BCUT2D eigenvalue weighted by Gasteiger charge is 2.14. The standard InChI is InChI=1S/C11H24N2O/c1-4-5-6-11(14)13-10(7-8-12)9(2)3/h9-10H,4-8,12H2,1-3H3,(H,13,14). The van der Waals surface area contributed by atoms with Crippen LogP contribution in [0.4, 0.5) is 0 Å². The van der Waals surface area contributed by atoms with Crippen molar-refractivity contribution in [2.75, 3.05) is 6.54 Å². The summed E-state index contributed by atoms with van der Waals surface area (Å²) in [6.45, 7) is 6.95. The SMILES string of the molecule is CCCCC(=O)NC(CCN)C(C)C. The third-order valence-corrected chi connectivity index (χ3v) is 2.39. The number of carbonyl (C=O) groups excluding carboxylic acids is 1. The Labute approximate surface area is 87.4 Å². The van der Waals surface area contributed by atoms with Gasteiger partial charge in [0.1, 0.15) is 0 Å². The first-order valence-electron chi connectivity index (χ1n) is 5.61. The van der Waals surface area contributed by atoms with Crippen LogP contribution in [-0.2, 0) is 4.79 Å². The molecular formula is C11H24N2O. The molecule has 84 valence electrons. The summed E-state index contributed by atoms with van der Waals surface area (Å²) < 4.78 is 0. The van der Waals surface area contributed by atoms with Gasteiger partial charge < -0.3 is 11.1 Å². The van der Waals surface area contributed by atoms with Crippen molar-refractivity contribution in [1.82, 2.24) is 5.32 Å². The van der Waals surface area contributed by atoms with Gasteiger partial charge in [-0.15, -0.1) is 0 Å². The lowest BCUT2D eigenvalue weighted by molar-refractivity contribution is -0.122. The first kappa shape index (κ1) is 13.4. The smallest absolute Gasteiger partial charge is 0.220 e. The van der Waals surface area contributed by atoms with Gasteiger partial charge in [-0.2, -0.15) is 0 Å². The Hall–Kier alpha value is -0.570. The van der Waals surface area contributed by atoms with E-state index in [0.717, 1.165) is 19.3 Å². The monoisotopic (exact) mass is 200 g/mol. The third-order valence-electron chi connectivity index (χ3n) is 2.39. The van der Waals surface area contributed by atoms with Crippen molar-refractivity contribution in [1.29, 1.82) is 0 Å². The lowest BCUT2D eigenvalue weighted by Crippen LogP contribution is -2.39. The number of amides is 1. The fourth-order valence-electron chi connectivity index (χ4n) is 1.37. The quantitative estimate of drug-likeness (QED) is 0.657. The molecule has 0 rings (SSSR count). The molecule has 1 atom stereocenters. The first-order chi connectivity index (χ1) is 6.61. The highest BCUT2D eigenvalue weighted by Crippen LogP contribution is 2.06. The summed E-state index contributed by atoms with van der Waals surface area (Å²) in [5.74, 6) is 0.628. The minimum absolute atomic E-state index is 0.166. The zero-order chi connectivity index (χ0) is 11.0. The predicted octanol–water partition coefficient (Wildman–Crippen LogP) is 1.67. The molecule has 3 N–H and O–H groups in total. The van der Waals surface area contributed by atoms with Crippen LogP contribution in [0.2, 0.25) is 0 Å². The van der Waals surface area contributed by atoms with Crippen molar-refractivity contribution in [2.24, 2.45) is 11.7 Å². The normalized spacial score (nSPS) is 12.9. The Balaban J connectivity index is 3.83. The first-order valence-corrected chi connectivity index (χ1v) is 5.61. The average Bonchev–Trinajstić information content (AvgIpc) is 2.14. The second kappa shape index (κ2) is 7.80. The third kappa shape index (κ3) is 5.97. The van der Waals surface area contributed by atoms with Crippen molar-refractivity contribution in [2.45, 2.75) is 52.5 Å². The maximum absolute atomic E-state index is 11.4. The van der Waals surface area contributed by atoms with Crippen molar-refractivity contribution in [3.63, 3.8) is 0 Å². The molecule has 0 aromatic carbocycles. The Kier molecular flexibility index (Phi) is 7.48. The van der Waals surface area contributed by atoms with Gasteiger partial charge in [-0.05, 0) is 25.3 Å². The van der Waals surface area contributed by atoms with Gasteiger partial charge >= 0.3 is 0 Å². The number of hydrogen-bond acceptors (Lipinski definition) is 2. The van der Waals surface area contributed by atoms with E-state index < -0.39 is 0 Å². The van der Waals surface area contributed by atoms with E-state index in [-0.39, 0.29) is 11.9 Å². The van der Waals surface area contributed by atoms with Gasteiger partial charge in [0.15, 0.2) is 0 Å². The van der Waals surface area contributed by atoms with Gasteiger partial charge in [-0.1, -0.05) is 27.2 Å². The lowest BCUT2D eigenvalue weighted by Gasteiger charge is -2.21. The molecule has 0 aliphatic heterocycles. The minimum Gasteiger partial charge on any atom is -0.353 e. The number of unbranched alkanes of at least 4 members (excludes halogenated alkanes) is 1. The van der Waals surface area contributed by atoms with Gasteiger partial charge in [0.05, 0.1) is 0 Å². The molecule has 0 saturated carbocycles. The molecule has 14 heavy (non-hydrogen) atoms. The van der Waals surface area contributed by atoms with Gasteiger partial charge in [0, 0.05) is 12.5 Å². The summed E-state index contributed by atoms with van der Waals surface area (Å²) in [6.07, 6.45) is 3.55. The van der Waals surface area contributed by atoms with E-state index in [1.54, 1.807) is 0 Å². The second-order valence-electron chi connectivity index (χ2n) is 4.10. The van der Waals surface area contributed by atoms with E-state index in [2.05, 4.69) is 26.1 Å². The summed E-state index contributed by atoms with van der Waals surface area (Å²) in [7, 11) is 0. The summed E-state index contributed by atoms with van der Waals surface area (Å²) in [5.41, 5.74) is 5.49. The van der Waals surface area contributed by atoms with E-state index >= 15 is 0 Å². The molecule has 3 nitrogen and oxygen atoms in total. The summed E-state index contributed by atoms with van der Waals surface area (Å²) in [5, 5.41) is 3.03. The lowest BCUT2D eigenvalue weighted by atomic mass is 10.0. The van der Waals surface area contributed by atoms with Crippen molar-refractivity contribution in [3.05, 3.63) is 0 Å². The maximum atomic E-state index is 11.4. The van der Waals surface area contributed by atoms with Gasteiger partial charge in [-0.25, -0.2) is 0 Å². The van der Waals surface area contributed by atoms with Crippen molar-refractivity contribution < 1.29 is 4.79 Å². The minimum atomic E-state index is 0.166. The van der Waals surface area contributed by atoms with E-state index in [4.69, 9.17) is 5.73 Å². The summed E-state index contributed by atoms with van der Waals surface area (Å²) in [4.78, 5) is 11.4. The van der Waals surface area contributed by atoms with Crippen LogP contribution in [0.25, 0.3) is 0 Å². The van der Waals surface area contributed by atoms with E-state index in [1.807, 2.05) is 0 Å². The van der Waals surface area contributed by atoms with Crippen LogP contribution in [0.15, 0.2) is 0 Å². The molecule has 0 saturated heterocycles. The molecule has 0 spiro atoms. The van der Waals surface area contributed by atoms with E-state index in [9.17, 15) is 4.79 Å². The summed E-state index contributed by atoms with van der Waals surface area (Å²) >= 11 is 0. The Morgan fingerprint density at radius 1 is 1.43 bits per heavy atom. The Morgan fingerprint density at radius 3 is 2.50 bits per heavy atom. The molecule has 1 amide bonds. The zero-order valence-corrected chi connectivity index (χ0v) is 9.68. The molecule has 0 bridgehead atoms. The Morgan fingerprint density at radius 2 is 2.07 bits per heavy atom. The largest absolute Gasteiger partial charge is 0.353 e. The molecule has 0 fully saturated rings. The highest BCUT2D eigenvalue weighted by molar-refractivity contribution is 5.76. The molecule has 3 heteroatoms. The predicted molar refractivity (Wildman–Crippen MR) is 60.0 cm³/mol. The topological polar surface area (TPSA) is 55.1 Å². The van der Waals surface area contributed by atoms with Crippen molar-refractivity contribution >= 4 is 5.91 Å². The van der Waals surface area contributed by atoms with Crippen molar-refractivity contribution in [3.8, 4) is 0 Å². The molecule has 1 unspecified atom stereocenters. The molecule has 0 heterocycles. The molecule has 0 radical (unpaired) electrons. The molecule has 0 aliphatic carbocycles. The fourth-order valence-corrected chi connectivity index (χ4v) is 1.37. The van der Waals surface area contributed by atoms with E-state index in [0.29, 0.717) is 18.9 Å². The molecular weight excluding hydrogens is 176 g/mol.